The van der Waals surface area contributed by atoms with E-state index in [0.717, 1.165) is 17.0 Å². The Kier molecular flexibility index (Phi) is 7.03. The minimum absolute atomic E-state index is 0.0152. The van der Waals surface area contributed by atoms with Gasteiger partial charge in [-0.05, 0) is 50.1 Å². The van der Waals surface area contributed by atoms with E-state index < -0.39 is 0 Å². The van der Waals surface area contributed by atoms with Crippen molar-refractivity contribution in [2.75, 3.05) is 6.61 Å². The highest BCUT2D eigenvalue weighted by Crippen LogP contribution is 2.26. The number of carbonyl (C=O) groups is 2. The summed E-state index contributed by atoms with van der Waals surface area (Å²) in [7, 11) is 0. The highest BCUT2D eigenvalue weighted by atomic mass is 32.1. The monoisotopic (exact) mass is 376 g/mol. The summed E-state index contributed by atoms with van der Waals surface area (Å²) in [5, 5.41) is 5.17. The molecule has 0 aliphatic heterocycles. The minimum atomic E-state index is -0.313. The fourth-order valence-corrected chi connectivity index (χ4v) is 4.04. The summed E-state index contributed by atoms with van der Waals surface area (Å²) in [6.45, 7) is 10.1. The third kappa shape index (κ3) is 4.75. The molecule has 0 aromatic carbocycles. The number of thiophene rings is 1. The maximum atomic E-state index is 12.5. The predicted molar refractivity (Wildman–Crippen MR) is 105 cm³/mol. The van der Waals surface area contributed by atoms with Gasteiger partial charge in [-0.2, -0.15) is 0 Å². The van der Waals surface area contributed by atoms with Crippen LogP contribution in [0.4, 0.5) is 0 Å². The summed E-state index contributed by atoms with van der Waals surface area (Å²) in [4.78, 5) is 28.9. The summed E-state index contributed by atoms with van der Waals surface area (Å²) in [5.74, 6) is 0.0240. The van der Waals surface area contributed by atoms with E-state index in [4.69, 9.17) is 4.74 Å². The van der Waals surface area contributed by atoms with Gasteiger partial charge in [0.25, 0.3) is 0 Å². The first kappa shape index (κ1) is 20.2. The summed E-state index contributed by atoms with van der Waals surface area (Å²) in [6, 6.07) is 4.09. The second kappa shape index (κ2) is 9.03. The fraction of sp³-hybridized carbons (Fsp3) is 0.500. The molecule has 6 heteroatoms. The zero-order valence-corrected chi connectivity index (χ0v) is 17.0. The van der Waals surface area contributed by atoms with Gasteiger partial charge in [-0.3, -0.25) is 4.79 Å². The molecule has 2 heterocycles. The molecule has 26 heavy (non-hydrogen) atoms. The van der Waals surface area contributed by atoms with Crippen molar-refractivity contribution in [1.29, 1.82) is 0 Å². The van der Waals surface area contributed by atoms with Gasteiger partial charge in [-0.25, -0.2) is 4.79 Å². The van der Waals surface area contributed by atoms with E-state index >= 15 is 0 Å². The Morgan fingerprint density at radius 2 is 2.04 bits per heavy atom. The van der Waals surface area contributed by atoms with Crippen molar-refractivity contribution in [1.82, 2.24) is 10.3 Å². The second-order valence-electron chi connectivity index (χ2n) is 6.75. The minimum Gasteiger partial charge on any atom is -0.462 e. The first-order valence-corrected chi connectivity index (χ1v) is 9.91. The van der Waals surface area contributed by atoms with Crippen LogP contribution >= 0.6 is 11.3 Å². The zero-order chi connectivity index (χ0) is 19.3. The van der Waals surface area contributed by atoms with Gasteiger partial charge in [0.2, 0.25) is 5.91 Å². The molecule has 0 saturated heterocycles. The van der Waals surface area contributed by atoms with Crippen LogP contribution in [0.5, 0.6) is 0 Å². The van der Waals surface area contributed by atoms with Crippen molar-refractivity contribution in [3.8, 4) is 0 Å². The van der Waals surface area contributed by atoms with Crippen molar-refractivity contribution < 1.29 is 14.3 Å². The number of nitrogens with one attached hydrogen (secondary N) is 2. The van der Waals surface area contributed by atoms with Gasteiger partial charge >= 0.3 is 5.97 Å². The van der Waals surface area contributed by atoms with Crippen molar-refractivity contribution in [2.45, 2.75) is 53.5 Å². The molecule has 0 fully saturated rings. The number of hydrogen-bond donors (Lipinski definition) is 2. The smallest absolute Gasteiger partial charge is 0.340 e. The van der Waals surface area contributed by atoms with Gasteiger partial charge < -0.3 is 15.0 Å². The standard InChI is InChI=1S/C20H28N2O3S/c1-6-25-20(24)18-13(4)15(21-14(18)5)9-10-17(23)22-19(12(2)3)16-8-7-11-26-16/h7-8,11-12,19,21H,6,9-10H2,1-5H3,(H,22,23)/t19-/m0/s1. The van der Waals surface area contributed by atoms with E-state index in [1.54, 1.807) is 18.3 Å². The molecule has 5 nitrogen and oxygen atoms in total. The number of carbonyl (C=O) groups excluding carboxylic acids is 2. The van der Waals surface area contributed by atoms with Crippen molar-refractivity contribution in [3.63, 3.8) is 0 Å². The van der Waals surface area contributed by atoms with Crippen LogP contribution in [-0.4, -0.2) is 23.5 Å². The molecule has 0 aliphatic carbocycles. The number of esters is 1. The average Bonchev–Trinajstić information content (AvgIpc) is 3.19. The largest absolute Gasteiger partial charge is 0.462 e. The third-order valence-corrected chi connectivity index (χ3v) is 5.41. The lowest BCUT2D eigenvalue weighted by Gasteiger charge is -2.21. The molecule has 142 valence electrons. The molecule has 0 saturated carbocycles. The molecular formula is C20H28N2O3S. The molecule has 0 bridgehead atoms. The van der Waals surface area contributed by atoms with Crippen LogP contribution in [0.25, 0.3) is 0 Å². The number of H-pyrrole nitrogens is 1. The van der Waals surface area contributed by atoms with Crippen LogP contribution in [0, 0.1) is 19.8 Å². The summed E-state index contributed by atoms with van der Waals surface area (Å²) < 4.78 is 5.11. The van der Waals surface area contributed by atoms with Gasteiger partial charge in [-0.15, -0.1) is 11.3 Å². The van der Waals surface area contributed by atoms with Crippen LogP contribution in [0.2, 0.25) is 0 Å². The molecule has 1 atom stereocenters. The lowest BCUT2D eigenvalue weighted by Crippen LogP contribution is -2.31. The summed E-state index contributed by atoms with van der Waals surface area (Å²) >= 11 is 1.66. The van der Waals surface area contributed by atoms with Crippen molar-refractivity contribution in [2.24, 2.45) is 5.92 Å². The Bertz CT molecular complexity index is 747. The van der Waals surface area contributed by atoms with Crippen LogP contribution in [-0.2, 0) is 16.0 Å². The number of aryl methyl sites for hydroxylation is 2. The number of aromatic nitrogens is 1. The number of hydrogen-bond acceptors (Lipinski definition) is 4. The lowest BCUT2D eigenvalue weighted by molar-refractivity contribution is -0.122. The quantitative estimate of drug-likeness (QED) is 0.674. The fourth-order valence-electron chi connectivity index (χ4n) is 3.09. The molecule has 2 N–H and O–H groups in total. The van der Waals surface area contributed by atoms with Gasteiger partial charge in [0.1, 0.15) is 0 Å². The Hall–Kier alpha value is -2.08. The lowest BCUT2D eigenvalue weighted by atomic mass is 10.0. The molecule has 2 rings (SSSR count). The number of ether oxygens (including phenoxy) is 1. The van der Waals surface area contributed by atoms with E-state index in [-0.39, 0.29) is 17.9 Å². The molecule has 1 amide bonds. The molecule has 0 radical (unpaired) electrons. The van der Waals surface area contributed by atoms with E-state index in [2.05, 4.69) is 30.2 Å². The molecule has 0 spiro atoms. The van der Waals surface area contributed by atoms with E-state index in [1.165, 1.54) is 4.88 Å². The van der Waals surface area contributed by atoms with Crippen LogP contribution in [0.1, 0.15) is 65.4 Å². The topological polar surface area (TPSA) is 71.2 Å². The van der Waals surface area contributed by atoms with Crippen LogP contribution < -0.4 is 5.32 Å². The SMILES string of the molecule is CCOC(=O)c1c(C)[nH]c(CCC(=O)N[C@H](c2cccs2)C(C)C)c1C. The third-order valence-electron chi connectivity index (χ3n) is 4.46. The molecule has 0 unspecified atom stereocenters. The van der Waals surface area contributed by atoms with Gasteiger partial charge in [0, 0.05) is 22.7 Å². The molecule has 0 aliphatic rings. The van der Waals surface area contributed by atoms with Gasteiger partial charge in [0.05, 0.1) is 18.2 Å². The summed E-state index contributed by atoms with van der Waals surface area (Å²) in [6.07, 6.45) is 0.935. The highest BCUT2D eigenvalue weighted by molar-refractivity contribution is 7.10. The Morgan fingerprint density at radius 1 is 1.31 bits per heavy atom. The van der Waals surface area contributed by atoms with Crippen molar-refractivity contribution >= 4 is 23.2 Å². The zero-order valence-electron chi connectivity index (χ0n) is 16.1. The van der Waals surface area contributed by atoms with Gasteiger partial charge in [-0.1, -0.05) is 19.9 Å². The van der Waals surface area contributed by atoms with Gasteiger partial charge in [0.15, 0.2) is 0 Å². The highest BCUT2D eigenvalue weighted by Gasteiger charge is 2.21. The number of amides is 1. The molecular weight excluding hydrogens is 348 g/mol. The normalized spacial score (nSPS) is 12.2. The van der Waals surface area contributed by atoms with Crippen LogP contribution in [0.3, 0.4) is 0 Å². The number of rotatable bonds is 8. The Morgan fingerprint density at radius 3 is 2.62 bits per heavy atom. The Balaban J connectivity index is 2.01. The van der Waals surface area contributed by atoms with E-state index in [9.17, 15) is 9.59 Å². The van der Waals surface area contributed by atoms with E-state index in [1.807, 2.05) is 25.3 Å². The second-order valence-corrected chi connectivity index (χ2v) is 7.73. The van der Waals surface area contributed by atoms with Crippen LogP contribution in [0.15, 0.2) is 17.5 Å². The maximum absolute atomic E-state index is 12.5. The Labute approximate surface area is 159 Å². The maximum Gasteiger partial charge on any atom is 0.340 e. The first-order valence-electron chi connectivity index (χ1n) is 9.03. The first-order chi connectivity index (χ1) is 12.3. The number of aromatic amines is 1. The average molecular weight is 377 g/mol. The molecule has 2 aromatic rings. The van der Waals surface area contributed by atoms with Crippen molar-refractivity contribution in [3.05, 3.63) is 44.9 Å². The summed E-state index contributed by atoms with van der Waals surface area (Å²) in [5.41, 5.74) is 3.15. The molecule has 2 aromatic heterocycles. The van der Waals surface area contributed by atoms with E-state index in [0.29, 0.717) is 30.9 Å². The predicted octanol–water partition coefficient (Wildman–Crippen LogP) is 4.32.